The highest BCUT2D eigenvalue weighted by Crippen LogP contribution is 2.18. The third-order valence-corrected chi connectivity index (χ3v) is 13.4. The number of hydrogen-bond acceptors (Lipinski definition) is 6. The lowest BCUT2D eigenvalue weighted by molar-refractivity contribution is -0.167. The maximum Gasteiger partial charge on any atom is 0.306 e. The maximum absolute atomic E-state index is 12.8. The Balaban J connectivity index is 4.29. The Bertz CT molecular complexity index is 951. The van der Waals surface area contributed by atoms with Gasteiger partial charge in [-0.05, 0) is 25.2 Å². The first-order valence-electron chi connectivity index (χ1n) is 28.4. The minimum absolute atomic E-state index is 0.0624. The molecule has 6 heteroatoms. The fraction of sp³-hybridized carbons (Fsp3) is 0.947. The SMILES string of the molecule is CCCCCCCCCCCCCCCCCCCC(=O)OC[C@@H](COC(=O)CCCCCCCCCCC(C)CC)OC(=O)CCCCCCCCCCCCCCCCCC. The monoisotopic (exact) mass is 891 g/mol. The highest BCUT2D eigenvalue weighted by atomic mass is 16.6. The summed E-state index contributed by atoms with van der Waals surface area (Å²) < 4.78 is 16.9. The third-order valence-electron chi connectivity index (χ3n) is 13.4. The van der Waals surface area contributed by atoms with Gasteiger partial charge in [0.15, 0.2) is 6.10 Å². The van der Waals surface area contributed by atoms with Gasteiger partial charge in [-0.2, -0.15) is 0 Å². The van der Waals surface area contributed by atoms with E-state index in [0.717, 1.165) is 63.7 Å². The summed E-state index contributed by atoms with van der Waals surface area (Å²) in [5.74, 6) is 0.00911. The Hall–Kier alpha value is -1.59. The molecule has 0 amide bonds. The van der Waals surface area contributed by atoms with Gasteiger partial charge in [-0.25, -0.2) is 0 Å². The number of hydrogen-bond donors (Lipinski definition) is 0. The first-order chi connectivity index (χ1) is 30.9. The van der Waals surface area contributed by atoms with Gasteiger partial charge in [0, 0.05) is 19.3 Å². The summed E-state index contributed by atoms with van der Waals surface area (Å²) >= 11 is 0. The van der Waals surface area contributed by atoms with E-state index < -0.39 is 6.10 Å². The molecule has 0 aromatic rings. The van der Waals surface area contributed by atoms with Gasteiger partial charge in [0.05, 0.1) is 0 Å². The Morgan fingerprint density at radius 3 is 0.825 bits per heavy atom. The molecule has 0 aromatic carbocycles. The summed E-state index contributed by atoms with van der Waals surface area (Å²) in [6.45, 7) is 9.06. The van der Waals surface area contributed by atoms with E-state index in [9.17, 15) is 14.4 Å². The van der Waals surface area contributed by atoms with Crippen LogP contribution in [0.3, 0.4) is 0 Å². The summed E-state index contributed by atoms with van der Waals surface area (Å²) in [6.07, 6.45) is 55.1. The molecule has 0 aliphatic heterocycles. The standard InChI is InChI=1S/C57H110O6/c1-5-8-10-12-14-16-18-20-22-24-26-27-29-31-36-40-44-48-55(58)61-51-54(52-62-56(59)49-45-41-37-34-33-35-39-43-47-53(4)7-3)63-57(60)50-46-42-38-32-30-28-25-23-21-19-17-15-13-11-9-6-2/h53-54H,5-52H2,1-4H3/t53?,54-/m0/s1. The normalized spacial score (nSPS) is 12.4. The second-order valence-corrected chi connectivity index (χ2v) is 19.8. The minimum atomic E-state index is -0.762. The summed E-state index contributed by atoms with van der Waals surface area (Å²) in [4.78, 5) is 38.1. The molecule has 0 saturated carbocycles. The molecule has 6 nitrogen and oxygen atoms in total. The molecule has 2 atom stereocenters. The van der Waals surface area contributed by atoms with Gasteiger partial charge in [0.25, 0.3) is 0 Å². The minimum Gasteiger partial charge on any atom is -0.462 e. The summed E-state index contributed by atoms with van der Waals surface area (Å²) in [6, 6.07) is 0. The average molecular weight is 892 g/mol. The molecule has 0 spiro atoms. The molecule has 63 heavy (non-hydrogen) atoms. The number of esters is 3. The largest absolute Gasteiger partial charge is 0.462 e. The topological polar surface area (TPSA) is 78.9 Å². The lowest BCUT2D eigenvalue weighted by Crippen LogP contribution is -2.30. The molecule has 0 fully saturated rings. The van der Waals surface area contributed by atoms with Crippen LogP contribution < -0.4 is 0 Å². The van der Waals surface area contributed by atoms with Crippen molar-refractivity contribution in [2.24, 2.45) is 5.92 Å². The molecule has 0 saturated heterocycles. The predicted molar refractivity (Wildman–Crippen MR) is 270 cm³/mol. The second kappa shape index (κ2) is 51.4. The zero-order valence-corrected chi connectivity index (χ0v) is 43.0. The number of carbonyl (C=O) groups excluding carboxylic acids is 3. The first-order valence-corrected chi connectivity index (χ1v) is 28.4. The van der Waals surface area contributed by atoms with Crippen molar-refractivity contribution in [1.82, 2.24) is 0 Å². The summed E-state index contributed by atoms with van der Waals surface area (Å²) in [5.41, 5.74) is 0. The fourth-order valence-corrected chi connectivity index (χ4v) is 8.72. The average Bonchev–Trinajstić information content (AvgIpc) is 3.28. The smallest absolute Gasteiger partial charge is 0.306 e. The molecular formula is C57H110O6. The van der Waals surface area contributed by atoms with E-state index in [1.54, 1.807) is 0 Å². The van der Waals surface area contributed by atoms with Gasteiger partial charge < -0.3 is 14.2 Å². The van der Waals surface area contributed by atoms with E-state index in [0.29, 0.717) is 19.3 Å². The van der Waals surface area contributed by atoms with Gasteiger partial charge in [-0.3, -0.25) is 14.4 Å². The van der Waals surface area contributed by atoms with Crippen molar-refractivity contribution in [2.45, 2.75) is 329 Å². The van der Waals surface area contributed by atoms with Crippen molar-refractivity contribution in [3.8, 4) is 0 Å². The summed E-state index contributed by atoms with van der Waals surface area (Å²) in [5, 5.41) is 0. The quantitative estimate of drug-likeness (QED) is 0.0344. The van der Waals surface area contributed by atoms with Crippen LogP contribution in [0.15, 0.2) is 0 Å². The lowest BCUT2D eigenvalue weighted by Gasteiger charge is -2.18. The van der Waals surface area contributed by atoms with Crippen LogP contribution in [0.4, 0.5) is 0 Å². The maximum atomic E-state index is 12.8. The van der Waals surface area contributed by atoms with Crippen LogP contribution in [0.2, 0.25) is 0 Å². The van der Waals surface area contributed by atoms with Gasteiger partial charge >= 0.3 is 17.9 Å². The molecular weight excluding hydrogens is 781 g/mol. The Labute approximate surface area is 393 Å². The number of rotatable bonds is 52. The van der Waals surface area contributed by atoms with Crippen molar-refractivity contribution < 1.29 is 28.6 Å². The van der Waals surface area contributed by atoms with Gasteiger partial charge in [-0.15, -0.1) is 0 Å². The van der Waals surface area contributed by atoms with Crippen LogP contribution in [0.5, 0.6) is 0 Å². The third kappa shape index (κ3) is 49.7. The van der Waals surface area contributed by atoms with E-state index in [4.69, 9.17) is 14.2 Å². The van der Waals surface area contributed by atoms with E-state index in [-0.39, 0.29) is 31.1 Å². The second-order valence-electron chi connectivity index (χ2n) is 19.8. The highest BCUT2D eigenvalue weighted by molar-refractivity contribution is 5.71. The predicted octanol–water partition coefficient (Wildman–Crippen LogP) is 18.6. The summed E-state index contributed by atoms with van der Waals surface area (Å²) in [7, 11) is 0. The van der Waals surface area contributed by atoms with Crippen molar-refractivity contribution in [1.29, 1.82) is 0 Å². The molecule has 0 aliphatic carbocycles. The van der Waals surface area contributed by atoms with Crippen molar-refractivity contribution in [3.05, 3.63) is 0 Å². The van der Waals surface area contributed by atoms with E-state index in [2.05, 4.69) is 27.7 Å². The van der Waals surface area contributed by atoms with E-state index in [1.165, 1.54) is 218 Å². The van der Waals surface area contributed by atoms with E-state index >= 15 is 0 Å². The van der Waals surface area contributed by atoms with E-state index in [1.807, 2.05) is 0 Å². The van der Waals surface area contributed by atoms with Crippen LogP contribution in [0.1, 0.15) is 323 Å². The van der Waals surface area contributed by atoms with Crippen LogP contribution >= 0.6 is 0 Å². The molecule has 0 heterocycles. The van der Waals surface area contributed by atoms with Crippen LogP contribution in [0.25, 0.3) is 0 Å². The first kappa shape index (κ1) is 61.4. The van der Waals surface area contributed by atoms with Crippen molar-refractivity contribution in [2.75, 3.05) is 13.2 Å². The Kier molecular flexibility index (Phi) is 50.1. The molecule has 0 aliphatic rings. The molecule has 0 aromatic heterocycles. The molecule has 0 rings (SSSR count). The zero-order valence-electron chi connectivity index (χ0n) is 43.0. The number of carbonyl (C=O) groups is 3. The molecule has 1 unspecified atom stereocenters. The van der Waals surface area contributed by atoms with Crippen molar-refractivity contribution in [3.63, 3.8) is 0 Å². The molecule has 374 valence electrons. The Morgan fingerprint density at radius 2 is 0.556 bits per heavy atom. The number of ether oxygens (including phenoxy) is 3. The number of unbranched alkanes of at least 4 members (excludes halogenated alkanes) is 38. The van der Waals surface area contributed by atoms with Gasteiger partial charge in [0.2, 0.25) is 0 Å². The molecule has 0 bridgehead atoms. The molecule has 0 N–H and O–H groups in total. The van der Waals surface area contributed by atoms with Crippen LogP contribution in [-0.4, -0.2) is 37.2 Å². The van der Waals surface area contributed by atoms with Crippen LogP contribution in [-0.2, 0) is 28.6 Å². The van der Waals surface area contributed by atoms with Gasteiger partial charge in [-0.1, -0.05) is 285 Å². The van der Waals surface area contributed by atoms with Crippen molar-refractivity contribution >= 4 is 17.9 Å². The highest BCUT2D eigenvalue weighted by Gasteiger charge is 2.19. The zero-order chi connectivity index (χ0) is 45.9. The van der Waals surface area contributed by atoms with Crippen LogP contribution in [0, 0.1) is 5.92 Å². The fourth-order valence-electron chi connectivity index (χ4n) is 8.72. The van der Waals surface area contributed by atoms with Gasteiger partial charge in [0.1, 0.15) is 13.2 Å². The molecule has 0 radical (unpaired) electrons. The lowest BCUT2D eigenvalue weighted by atomic mass is 9.99. The Morgan fingerprint density at radius 1 is 0.317 bits per heavy atom.